The summed E-state index contributed by atoms with van der Waals surface area (Å²) < 4.78 is 37.9. The fourth-order valence-corrected chi connectivity index (χ4v) is 4.41. The number of rotatable bonds is 6. The molecule has 1 aromatic carbocycles. The number of fused-ring (bicyclic) bond motifs is 1. The molecule has 3 aromatic rings. The summed E-state index contributed by atoms with van der Waals surface area (Å²) >= 11 is 1.85. The molecule has 2 aromatic heterocycles. The van der Waals surface area contributed by atoms with Crippen LogP contribution in [-0.4, -0.2) is 74.1 Å². The van der Waals surface area contributed by atoms with Gasteiger partial charge in [0.2, 0.25) is 0 Å². The third-order valence-corrected chi connectivity index (χ3v) is 6.15. The second kappa shape index (κ2) is 8.95. The van der Waals surface area contributed by atoms with Gasteiger partial charge in [-0.05, 0) is 12.1 Å². The lowest BCUT2D eigenvalue weighted by Crippen LogP contribution is -2.37. The molecular formula is C17H17IN6O8S. The number of amides is 1. The number of nitrogens with two attached hydrogens (primary N) is 1. The molecule has 0 spiro atoms. The Labute approximate surface area is 199 Å². The number of nitrogens with one attached hydrogen (secondary N) is 1. The molecule has 33 heavy (non-hydrogen) atoms. The molecule has 1 fully saturated rings. The van der Waals surface area contributed by atoms with Crippen molar-refractivity contribution >= 4 is 55.8 Å². The van der Waals surface area contributed by atoms with E-state index in [2.05, 4.69) is 15.0 Å². The summed E-state index contributed by atoms with van der Waals surface area (Å²) in [5.74, 6) is -1.42. The van der Waals surface area contributed by atoms with Crippen LogP contribution in [0.2, 0.25) is 0 Å². The normalized spacial score (nSPS) is 23.1. The van der Waals surface area contributed by atoms with Gasteiger partial charge in [-0.1, -0.05) is 12.1 Å². The van der Waals surface area contributed by atoms with E-state index in [-0.39, 0.29) is 22.5 Å². The fraction of sp³-hybridized carbons (Fsp3) is 0.294. The van der Waals surface area contributed by atoms with Crippen LogP contribution in [0.3, 0.4) is 0 Å². The molecular weight excluding hydrogens is 575 g/mol. The average molecular weight is 592 g/mol. The van der Waals surface area contributed by atoms with E-state index in [9.17, 15) is 28.5 Å². The molecule has 0 radical (unpaired) electrons. The van der Waals surface area contributed by atoms with Gasteiger partial charge in [-0.25, -0.2) is 19.7 Å². The van der Waals surface area contributed by atoms with Crippen LogP contribution < -0.4 is 10.5 Å². The van der Waals surface area contributed by atoms with E-state index >= 15 is 0 Å². The zero-order chi connectivity index (χ0) is 23.9. The van der Waals surface area contributed by atoms with Crippen molar-refractivity contribution < 1.29 is 37.5 Å². The monoisotopic (exact) mass is 592 g/mol. The maximum absolute atomic E-state index is 12.1. The first-order valence-electron chi connectivity index (χ1n) is 9.24. The van der Waals surface area contributed by atoms with Crippen molar-refractivity contribution in [1.29, 1.82) is 0 Å². The zero-order valence-electron chi connectivity index (χ0n) is 16.4. The largest absolute Gasteiger partial charge is 0.507 e. The highest BCUT2D eigenvalue weighted by molar-refractivity contribution is 14.1. The lowest BCUT2D eigenvalue weighted by molar-refractivity contribution is -0.0468. The van der Waals surface area contributed by atoms with Crippen molar-refractivity contribution in [1.82, 2.24) is 24.2 Å². The number of ether oxygens (including phenoxy) is 1. The molecule has 3 heterocycles. The molecule has 14 nitrogen and oxygen atoms in total. The van der Waals surface area contributed by atoms with E-state index in [1.54, 1.807) is 4.72 Å². The van der Waals surface area contributed by atoms with Crippen LogP contribution in [0.5, 0.6) is 5.75 Å². The van der Waals surface area contributed by atoms with E-state index < -0.39 is 53.1 Å². The number of benzene rings is 1. The molecule has 4 rings (SSSR count). The first-order chi connectivity index (χ1) is 15.6. The topological polar surface area (TPSA) is 212 Å². The Morgan fingerprint density at radius 1 is 1.27 bits per heavy atom. The van der Waals surface area contributed by atoms with Gasteiger partial charge < -0.3 is 25.8 Å². The number of imidazole rings is 1. The van der Waals surface area contributed by atoms with E-state index in [1.165, 1.54) is 35.2 Å². The van der Waals surface area contributed by atoms with Crippen LogP contribution in [0.1, 0.15) is 16.6 Å². The maximum atomic E-state index is 12.1. The number of halogens is 1. The number of phenols is 1. The van der Waals surface area contributed by atoms with Crippen molar-refractivity contribution in [3.05, 3.63) is 40.0 Å². The number of carbonyl (C=O) groups excluding carboxylic acids is 1. The van der Waals surface area contributed by atoms with E-state index in [1.807, 2.05) is 22.6 Å². The summed E-state index contributed by atoms with van der Waals surface area (Å²) in [5.41, 5.74) is 6.05. The maximum Gasteiger partial charge on any atom is 0.362 e. The molecule has 176 valence electrons. The van der Waals surface area contributed by atoms with Crippen molar-refractivity contribution in [2.45, 2.75) is 24.5 Å². The van der Waals surface area contributed by atoms with Gasteiger partial charge in [-0.3, -0.25) is 13.5 Å². The minimum absolute atomic E-state index is 0.113. The van der Waals surface area contributed by atoms with Gasteiger partial charge in [-0.15, -0.1) is 0 Å². The number of nitrogens with zero attached hydrogens (tertiary/aromatic N) is 4. The highest BCUT2D eigenvalue weighted by atomic mass is 127. The SMILES string of the molecule is Nc1nc(I)nc2c1ncn2[C@@H]1O[C@H](COS(=O)(=O)NC(=O)c2ccccc2O)[C@@H](O)[C@H]1O. The van der Waals surface area contributed by atoms with Crippen LogP contribution in [0, 0.1) is 3.83 Å². The molecule has 1 amide bonds. The van der Waals surface area contributed by atoms with Gasteiger partial charge in [0.15, 0.2) is 21.5 Å². The highest BCUT2D eigenvalue weighted by Gasteiger charge is 2.45. The summed E-state index contributed by atoms with van der Waals surface area (Å²) in [6.45, 7) is -0.723. The summed E-state index contributed by atoms with van der Waals surface area (Å²) in [4.78, 5) is 24.4. The Kier molecular flexibility index (Phi) is 6.38. The minimum atomic E-state index is -4.63. The van der Waals surface area contributed by atoms with Crippen LogP contribution in [0.25, 0.3) is 11.2 Å². The van der Waals surface area contributed by atoms with Crippen molar-refractivity contribution in [2.24, 2.45) is 0 Å². The van der Waals surface area contributed by atoms with Gasteiger partial charge in [0.25, 0.3) is 5.91 Å². The van der Waals surface area contributed by atoms with Gasteiger partial charge in [0, 0.05) is 22.6 Å². The first kappa shape index (κ1) is 23.5. The number of hydrogen-bond donors (Lipinski definition) is 5. The van der Waals surface area contributed by atoms with Crippen LogP contribution in [-0.2, 0) is 19.2 Å². The minimum Gasteiger partial charge on any atom is -0.507 e. The zero-order valence-corrected chi connectivity index (χ0v) is 19.4. The Morgan fingerprint density at radius 3 is 2.73 bits per heavy atom. The molecule has 16 heteroatoms. The summed E-state index contributed by atoms with van der Waals surface area (Å²) in [5, 5.41) is 30.5. The van der Waals surface area contributed by atoms with Gasteiger partial charge in [-0.2, -0.15) is 8.42 Å². The highest BCUT2D eigenvalue weighted by Crippen LogP contribution is 2.32. The number of hydrogen-bond acceptors (Lipinski definition) is 12. The molecule has 0 aliphatic carbocycles. The smallest absolute Gasteiger partial charge is 0.362 e. The van der Waals surface area contributed by atoms with E-state index in [0.717, 1.165) is 0 Å². The van der Waals surface area contributed by atoms with Crippen molar-refractivity contribution in [3.63, 3.8) is 0 Å². The molecule has 0 saturated carbocycles. The number of aliphatic hydroxyl groups is 2. The van der Waals surface area contributed by atoms with Crippen LogP contribution >= 0.6 is 22.6 Å². The molecule has 1 saturated heterocycles. The average Bonchev–Trinajstić information content (AvgIpc) is 3.28. The predicted molar refractivity (Wildman–Crippen MR) is 119 cm³/mol. The first-order valence-corrected chi connectivity index (χ1v) is 11.7. The standard InChI is InChI=1S/C17H17IN6O8S/c18-17-21-13(19)10-14(22-17)24(6-20-10)16-12(27)11(26)9(32-16)5-31-33(29,30)23-15(28)7-3-1-2-4-8(7)25/h1-4,6,9,11-12,16,25-27H,5H2,(H,23,28)(H2,19,21,22)/t9-,11-,12-,16-/m1/s1. The third kappa shape index (κ3) is 4.70. The summed E-state index contributed by atoms with van der Waals surface area (Å²) in [6.07, 6.45) is -4.18. The van der Waals surface area contributed by atoms with Crippen molar-refractivity contribution in [2.75, 3.05) is 12.3 Å². The molecule has 0 unspecified atom stereocenters. The number of aliphatic hydroxyl groups excluding tert-OH is 2. The number of aromatic hydroxyl groups is 1. The summed E-state index contributed by atoms with van der Waals surface area (Å²) in [6, 6.07) is 5.33. The van der Waals surface area contributed by atoms with Crippen LogP contribution in [0.15, 0.2) is 30.6 Å². The van der Waals surface area contributed by atoms with Gasteiger partial charge in [0.05, 0.1) is 18.5 Å². The Bertz CT molecular complexity index is 1320. The Morgan fingerprint density at radius 2 is 2.00 bits per heavy atom. The Balaban J connectivity index is 1.46. The lowest BCUT2D eigenvalue weighted by Gasteiger charge is -2.16. The second-order valence-electron chi connectivity index (χ2n) is 6.94. The number of aromatic nitrogens is 4. The lowest BCUT2D eigenvalue weighted by atomic mass is 10.1. The molecule has 1 aliphatic heterocycles. The number of carbonyl (C=O) groups is 1. The number of para-hydroxylation sites is 1. The molecule has 6 N–H and O–H groups in total. The van der Waals surface area contributed by atoms with Gasteiger partial charge in [0.1, 0.15) is 29.6 Å². The molecule has 0 bridgehead atoms. The van der Waals surface area contributed by atoms with Gasteiger partial charge >= 0.3 is 10.3 Å². The van der Waals surface area contributed by atoms with E-state index in [4.69, 9.17) is 14.7 Å². The predicted octanol–water partition coefficient (Wildman–Crippen LogP) is -0.971. The Hall–Kier alpha value is -2.64. The number of anilines is 1. The third-order valence-electron chi connectivity index (χ3n) is 4.79. The number of nitrogen functional groups attached to an aromatic ring is 1. The van der Waals surface area contributed by atoms with Crippen molar-refractivity contribution in [3.8, 4) is 5.75 Å². The quantitative estimate of drug-likeness (QED) is 0.173. The molecule has 4 atom stereocenters. The van der Waals surface area contributed by atoms with Crippen LogP contribution in [0.4, 0.5) is 5.82 Å². The molecule has 1 aliphatic rings. The van der Waals surface area contributed by atoms with E-state index in [0.29, 0.717) is 3.83 Å². The number of phenolic OH excluding ortho intramolecular Hbond substituents is 1. The fourth-order valence-electron chi connectivity index (χ4n) is 3.21. The second-order valence-corrected chi connectivity index (χ2v) is 9.25. The summed E-state index contributed by atoms with van der Waals surface area (Å²) in [7, 11) is -4.63.